The van der Waals surface area contributed by atoms with Gasteiger partial charge in [-0.15, -0.1) is 0 Å². The molecule has 2 aliphatic heterocycles. The Morgan fingerprint density at radius 1 is 0.872 bits per heavy atom. The number of carboxylic acids is 1. The Kier molecular flexibility index (Phi) is 6.51. The summed E-state index contributed by atoms with van der Waals surface area (Å²) in [7, 11) is 0. The summed E-state index contributed by atoms with van der Waals surface area (Å²) in [6.45, 7) is 4.26. The number of Topliss-reactive ketones (excluding diaryl/α,β-unsaturated/α-hetero) is 1. The van der Waals surface area contributed by atoms with Gasteiger partial charge in [-0.05, 0) is 60.4 Å². The van der Waals surface area contributed by atoms with E-state index in [1.54, 1.807) is 12.1 Å². The third-order valence-corrected chi connectivity index (χ3v) is 8.34. The van der Waals surface area contributed by atoms with E-state index in [0.29, 0.717) is 43.9 Å². The zero-order valence-corrected chi connectivity index (χ0v) is 22.0. The van der Waals surface area contributed by atoms with Crippen molar-refractivity contribution in [2.45, 2.75) is 32.1 Å². The average Bonchev–Trinajstić information content (AvgIpc) is 2.96. The van der Waals surface area contributed by atoms with Crippen molar-refractivity contribution in [3.63, 3.8) is 0 Å². The lowest BCUT2D eigenvalue weighted by molar-refractivity contribution is -0.128. The quantitative estimate of drug-likeness (QED) is 0.518. The van der Waals surface area contributed by atoms with Crippen molar-refractivity contribution in [3.8, 4) is 0 Å². The first-order chi connectivity index (χ1) is 18.9. The van der Waals surface area contributed by atoms with Gasteiger partial charge in [-0.3, -0.25) is 14.6 Å². The van der Waals surface area contributed by atoms with Crippen molar-refractivity contribution in [3.05, 3.63) is 89.1 Å². The van der Waals surface area contributed by atoms with Gasteiger partial charge in [0.05, 0.1) is 11.5 Å². The molecule has 1 saturated heterocycles. The highest BCUT2D eigenvalue weighted by molar-refractivity contribution is 6.12. The summed E-state index contributed by atoms with van der Waals surface area (Å²) in [5.41, 5.74) is 4.47. The van der Waals surface area contributed by atoms with Gasteiger partial charge in [0.15, 0.2) is 0 Å². The van der Waals surface area contributed by atoms with Crippen LogP contribution in [0.3, 0.4) is 0 Å². The van der Waals surface area contributed by atoms with E-state index in [-0.39, 0.29) is 23.2 Å². The molecule has 0 aromatic heterocycles. The Morgan fingerprint density at radius 2 is 1.59 bits per heavy atom. The van der Waals surface area contributed by atoms with E-state index in [1.807, 2.05) is 42.2 Å². The largest absolute Gasteiger partial charge is 0.478 e. The Morgan fingerprint density at radius 3 is 2.33 bits per heavy atom. The molecule has 6 rings (SSSR count). The number of aliphatic imine (C=N–C) groups is 1. The Labute approximate surface area is 227 Å². The molecule has 2 atom stereocenters. The SMILES string of the molecule is CC1=C(C(=O)N2CCN(c3ccc(C(=O)O)cc3)CC2)C(c2cccc3ccccc23)C2C(=O)CCCC2=N1. The second-order valence-electron chi connectivity index (χ2n) is 10.6. The van der Waals surface area contributed by atoms with Gasteiger partial charge >= 0.3 is 5.97 Å². The number of hydrogen-bond acceptors (Lipinski definition) is 5. The predicted molar refractivity (Wildman–Crippen MR) is 151 cm³/mol. The number of benzene rings is 3. The molecule has 1 N–H and O–H groups in total. The highest BCUT2D eigenvalue weighted by Crippen LogP contribution is 2.45. The van der Waals surface area contributed by atoms with Gasteiger partial charge in [0.25, 0.3) is 5.91 Å². The third kappa shape index (κ3) is 4.52. The van der Waals surface area contributed by atoms with Gasteiger partial charge in [-0.1, -0.05) is 42.5 Å². The first-order valence-electron chi connectivity index (χ1n) is 13.6. The first-order valence-corrected chi connectivity index (χ1v) is 13.6. The summed E-state index contributed by atoms with van der Waals surface area (Å²) >= 11 is 0. The summed E-state index contributed by atoms with van der Waals surface area (Å²) in [5.74, 6) is -1.58. The highest BCUT2D eigenvalue weighted by Gasteiger charge is 2.44. The maximum Gasteiger partial charge on any atom is 0.335 e. The van der Waals surface area contributed by atoms with Crippen LogP contribution in [0.15, 0.2) is 83.0 Å². The number of fused-ring (bicyclic) bond motifs is 2. The van der Waals surface area contributed by atoms with E-state index < -0.39 is 11.9 Å². The number of carbonyl (C=O) groups excluding carboxylic acids is 2. The van der Waals surface area contributed by atoms with Crippen LogP contribution in [0.4, 0.5) is 5.69 Å². The lowest BCUT2D eigenvalue weighted by Crippen LogP contribution is -2.50. The molecule has 198 valence electrons. The smallest absolute Gasteiger partial charge is 0.335 e. The molecule has 1 amide bonds. The van der Waals surface area contributed by atoms with Crippen LogP contribution in [0.5, 0.6) is 0 Å². The summed E-state index contributed by atoms with van der Waals surface area (Å²) in [4.78, 5) is 47.7. The van der Waals surface area contributed by atoms with E-state index in [9.17, 15) is 19.5 Å². The van der Waals surface area contributed by atoms with Crippen LogP contribution < -0.4 is 4.90 Å². The van der Waals surface area contributed by atoms with Crippen LogP contribution in [0, 0.1) is 5.92 Å². The fraction of sp³-hybridized carbons (Fsp3) is 0.312. The molecule has 0 spiro atoms. The number of hydrogen-bond donors (Lipinski definition) is 1. The Hall–Kier alpha value is -4.26. The minimum Gasteiger partial charge on any atom is -0.478 e. The highest BCUT2D eigenvalue weighted by atomic mass is 16.4. The fourth-order valence-corrected chi connectivity index (χ4v) is 6.41. The number of rotatable bonds is 4. The maximum absolute atomic E-state index is 14.2. The third-order valence-electron chi connectivity index (χ3n) is 8.34. The zero-order chi connectivity index (χ0) is 27.1. The molecule has 1 saturated carbocycles. The Bertz CT molecular complexity index is 1530. The van der Waals surface area contributed by atoms with E-state index >= 15 is 0 Å². The second kappa shape index (κ2) is 10.1. The van der Waals surface area contributed by atoms with Gasteiger partial charge in [-0.2, -0.15) is 0 Å². The number of nitrogens with zero attached hydrogens (tertiary/aromatic N) is 3. The van der Waals surface area contributed by atoms with Crippen LogP contribution in [-0.2, 0) is 9.59 Å². The van der Waals surface area contributed by atoms with Gasteiger partial charge in [-0.25, -0.2) is 4.79 Å². The molecular formula is C32H31N3O4. The van der Waals surface area contributed by atoms with Gasteiger partial charge < -0.3 is 14.9 Å². The van der Waals surface area contributed by atoms with Crippen LogP contribution in [0.2, 0.25) is 0 Å². The average molecular weight is 522 g/mol. The molecule has 0 bridgehead atoms. The van der Waals surface area contributed by atoms with E-state index in [2.05, 4.69) is 29.2 Å². The normalized spacial score (nSPS) is 21.6. The van der Waals surface area contributed by atoms with E-state index in [1.165, 1.54) is 0 Å². The number of aromatic carboxylic acids is 1. The van der Waals surface area contributed by atoms with Crippen LogP contribution in [0.1, 0.15) is 48.0 Å². The predicted octanol–water partition coefficient (Wildman–Crippen LogP) is 5.07. The van der Waals surface area contributed by atoms with Crippen molar-refractivity contribution in [2.75, 3.05) is 31.1 Å². The van der Waals surface area contributed by atoms with Crippen LogP contribution in [-0.4, -0.2) is 59.6 Å². The molecule has 7 heteroatoms. The molecule has 0 radical (unpaired) electrons. The molecule has 2 unspecified atom stereocenters. The maximum atomic E-state index is 14.2. The molecule has 2 heterocycles. The summed E-state index contributed by atoms with van der Waals surface area (Å²) in [5, 5.41) is 11.3. The number of ketones is 1. The molecule has 3 aromatic carbocycles. The van der Waals surface area contributed by atoms with E-state index in [0.717, 1.165) is 40.6 Å². The van der Waals surface area contributed by atoms with Crippen molar-refractivity contribution in [1.82, 2.24) is 4.90 Å². The molecule has 39 heavy (non-hydrogen) atoms. The molecular weight excluding hydrogens is 490 g/mol. The topological polar surface area (TPSA) is 90.3 Å². The number of allylic oxidation sites excluding steroid dienone is 1. The number of piperazine rings is 1. The fourth-order valence-electron chi connectivity index (χ4n) is 6.41. The van der Waals surface area contributed by atoms with Crippen LogP contribution >= 0.6 is 0 Å². The van der Waals surface area contributed by atoms with Crippen molar-refractivity contribution < 1.29 is 19.5 Å². The van der Waals surface area contributed by atoms with Gasteiger partial charge in [0.1, 0.15) is 5.78 Å². The minimum atomic E-state index is -0.948. The van der Waals surface area contributed by atoms with Crippen molar-refractivity contribution in [1.29, 1.82) is 0 Å². The lowest BCUT2D eigenvalue weighted by Gasteiger charge is -2.40. The molecule has 1 aliphatic carbocycles. The Balaban J connectivity index is 1.32. The summed E-state index contributed by atoms with van der Waals surface area (Å²) < 4.78 is 0. The van der Waals surface area contributed by atoms with Gasteiger partial charge in [0.2, 0.25) is 0 Å². The van der Waals surface area contributed by atoms with Crippen LogP contribution in [0.25, 0.3) is 10.8 Å². The number of amides is 1. The number of anilines is 1. The standard InChI is InChI=1S/C32H31N3O4/c1-20-28(31(37)35-18-16-34(17-19-35)23-14-12-22(13-15-23)32(38)39)29(30-26(33-20)10-5-11-27(30)36)25-9-4-7-21-6-2-3-8-24(21)25/h2-4,6-9,12-15,29-30H,5,10-11,16-19H2,1H3,(H,38,39). The molecule has 7 nitrogen and oxygen atoms in total. The van der Waals surface area contributed by atoms with E-state index in [4.69, 9.17) is 4.99 Å². The molecule has 3 aliphatic rings. The zero-order valence-electron chi connectivity index (χ0n) is 22.0. The number of carboxylic acid groups (broad SMARTS) is 1. The van der Waals surface area contributed by atoms with Gasteiger partial charge in [0, 0.05) is 61.2 Å². The number of carbonyl (C=O) groups is 3. The molecule has 3 aromatic rings. The first kappa shape index (κ1) is 25.0. The molecule has 2 fully saturated rings. The monoisotopic (exact) mass is 521 g/mol. The van der Waals surface area contributed by atoms with Crippen molar-refractivity contribution in [2.24, 2.45) is 10.9 Å². The summed E-state index contributed by atoms with van der Waals surface area (Å²) in [6, 6.07) is 21.2. The minimum absolute atomic E-state index is 0.0486. The lowest BCUT2D eigenvalue weighted by atomic mass is 9.68. The van der Waals surface area contributed by atoms with Crippen molar-refractivity contribution >= 4 is 39.8 Å². The summed E-state index contributed by atoms with van der Waals surface area (Å²) in [6.07, 6.45) is 2.11. The second-order valence-corrected chi connectivity index (χ2v) is 10.6.